The predicted molar refractivity (Wildman–Crippen MR) is 114 cm³/mol. The SMILES string of the molecule is CCCCCC/C=C\CCCCCCCC(=O)O[Si](C)(C)C(C)(C)C. The summed E-state index contributed by atoms with van der Waals surface area (Å²) in [5, 5.41) is 0.103. The molecule has 0 aromatic heterocycles. The van der Waals surface area contributed by atoms with E-state index < -0.39 is 8.32 Å². The number of rotatable bonds is 14. The van der Waals surface area contributed by atoms with Gasteiger partial charge in [0.2, 0.25) is 0 Å². The summed E-state index contributed by atoms with van der Waals surface area (Å²) >= 11 is 0. The predicted octanol–water partition coefficient (Wildman–Crippen LogP) is 7.79. The summed E-state index contributed by atoms with van der Waals surface area (Å²) in [5.74, 6) is 0.0117. The van der Waals surface area contributed by atoms with Crippen LogP contribution in [0, 0.1) is 0 Å². The fourth-order valence-corrected chi connectivity index (χ4v) is 3.45. The minimum atomic E-state index is -1.93. The fraction of sp³-hybridized carbons (Fsp3) is 0.864. The van der Waals surface area contributed by atoms with E-state index in [-0.39, 0.29) is 11.0 Å². The van der Waals surface area contributed by atoms with E-state index in [1.807, 2.05) is 0 Å². The molecular weight excluding hydrogens is 324 g/mol. The van der Waals surface area contributed by atoms with Crippen LogP contribution in [0.4, 0.5) is 0 Å². The Balaban J connectivity index is 3.52. The average Bonchev–Trinajstić information content (AvgIpc) is 2.50. The average molecular weight is 369 g/mol. The smallest absolute Gasteiger partial charge is 0.292 e. The van der Waals surface area contributed by atoms with Crippen molar-refractivity contribution < 1.29 is 9.22 Å². The lowest BCUT2D eigenvalue weighted by Crippen LogP contribution is -2.42. The quantitative estimate of drug-likeness (QED) is 0.178. The molecule has 0 N–H and O–H groups in total. The second kappa shape index (κ2) is 13.6. The van der Waals surface area contributed by atoms with Crippen molar-refractivity contribution in [2.75, 3.05) is 0 Å². The monoisotopic (exact) mass is 368 g/mol. The third kappa shape index (κ3) is 13.3. The third-order valence-corrected chi connectivity index (χ3v) is 9.67. The van der Waals surface area contributed by atoms with Crippen molar-refractivity contribution in [3.8, 4) is 0 Å². The maximum atomic E-state index is 12.0. The van der Waals surface area contributed by atoms with Crippen molar-refractivity contribution in [2.45, 2.75) is 123 Å². The van der Waals surface area contributed by atoms with Gasteiger partial charge in [0.05, 0.1) is 0 Å². The number of unbranched alkanes of at least 4 members (excludes halogenated alkanes) is 9. The molecule has 0 spiro atoms. The molecule has 0 aliphatic heterocycles. The van der Waals surface area contributed by atoms with Gasteiger partial charge in [0, 0.05) is 6.42 Å². The summed E-state index contributed by atoms with van der Waals surface area (Å²) in [7, 11) is -1.93. The van der Waals surface area contributed by atoms with E-state index in [4.69, 9.17) is 4.43 Å². The lowest BCUT2D eigenvalue weighted by Gasteiger charge is -2.35. The highest BCUT2D eigenvalue weighted by Gasteiger charge is 2.40. The Labute approximate surface area is 158 Å². The molecule has 0 aliphatic carbocycles. The van der Waals surface area contributed by atoms with Gasteiger partial charge < -0.3 is 4.43 Å². The molecule has 0 amide bonds. The van der Waals surface area contributed by atoms with Crippen LogP contribution in [0.3, 0.4) is 0 Å². The lowest BCUT2D eigenvalue weighted by atomic mass is 10.1. The van der Waals surface area contributed by atoms with E-state index in [0.717, 1.165) is 12.8 Å². The van der Waals surface area contributed by atoms with Crippen LogP contribution in [-0.2, 0) is 9.22 Å². The van der Waals surface area contributed by atoms with E-state index in [1.165, 1.54) is 57.8 Å². The molecule has 148 valence electrons. The van der Waals surface area contributed by atoms with E-state index in [2.05, 4.69) is 52.9 Å². The largest absolute Gasteiger partial charge is 0.519 e. The zero-order chi connectivity index (χ0) is 19.2. The third-order valence-electron chi connectivity index (χ3n) is 5.32. The molecule has 0 rings (SSSR count). The summed E-state index contributed by atoms with van der Waals surface area (Å²) in [6.07, 6.45) is 19.1. The summed E-state index contributed by atoms with van der Waals surface area (Å²) in [6.45, 7) is 13.1. The van der Waals surface area contributed by atoms with Crippen LogP contribution in [0.2, 0.25) is 18.1 Å². The van der Waals surface area contributed by atoms with Crippen molar-refractivity contribution in [3.63, 3.8) is 0 Å². The first-order chi connectivity index (χ1) is 11.7. The summed E-state index contributed by atoms with van der Waals surface area (Å²) in [5.41, 5.74) is 0. The van der Waals surface area contributed by atoms with Gasteiger partial charge in [-0.05, 0) is 50.2 Å². The van der Waals surface area contributed by atoms with Gasteiger partial charge >= 0.3 is 0 Å². The van der Waals surface area contributed by atoms with Crippen LogP contribution in [0.25, 0.3) is 0 Å². The second-order valence-corrected chi connectivity index (χ2v) is 13.6. The van der Waals surface area contributed by atoms with Gasteiger partial charge in [-0.25, -0.2) is 0 Å². The van der Waals surface area contributed by atoms with Crippen molar-refractivity contribution >= 4 is 14.3 Å². The Morgan fingerprint density at radius 3 is 1.84 bits per heavy atom. The van der Waals surface area contributed by atoms with E-state index >= 15 is 0 Å². The Morgan fingerprint density at radius 1 is 0.840 bits per heavy atom. The van der Waals surface area contributed by atoms with Gasteiger partial charge in [0.1, 0.15) is 0 Å². The Hall–Kier alpha value is -0.573. The van der Waals surface area contributed by atoms with Gasteiger partial charge in [-0.1, -0.05) is 78.4 Å². The topological polar surface area (TPSA) is 26.3 Å². The zero-order valence-corrected chi connectivity index (χ0v) is 19.0. The Bertz CT molecular complexity index is 367. The molecule has 0 aromatic carbocycles. The Kier molecular flexibility index (Phi) is 13.3. The summed E-state index contributed by atoms with van der Waals surface area (Å²) in [6, 6.07) is 0. The molecule has 0 radical (unpaired) electrons. The normalized spacial score (nSPS) is 12.7. The number of allylic oxidation sites excluding steroid dienone is 2. The minimum Gasteiger partial charge on any atom is -0.519 e. The molecule has 0 fully saturated rings. The highest BCUT2D eigenvalue weighted by molar-refractivity contribution is 6.75. The molecule has 25 heavy (non-hydrogen) atoms. The molecule has 0 aliphatic rings. The first-order valence-corrected chi connectivity index (χ1v) is 13.5. The molecular formula is C22H44O2Si. The van der Waals surface area contributed by atoms with E-state index in [0.29, 0.717) is 6.42 Å². The maximum Gasteiger partial charge on any atom is 0.292 e. The van der Waals surface area contributed by atoms with Gasteiger partial charge in [0.25, 0.3) is 14.3 Å². The van der Waals surface area contributed by atoms with Crippen molar-refractivity contribution in [2.24, 2.45) is 0 Å². The second-order valence-electron chi connectivity index (χ2n) is 8.86. The highest BCUT2D eigenvalue weighted by Crippen LogP contribution is 2.36. The van der Waals surface area contributed by atoms with Crippen molar-refractivity contribution in [3.05, 3.63) is 12.2 Å². The van der Waals surface area contributed by atoms with E-state index in [1.54, 1.807) is 0 Å². The van der Waals surface area contributed by atoms with Crippen molar-refractivity contribution in [1.29, 1.82) is 0 Å². The number of hydrogen-bond donors (Lipinski definition) is 0. The first kappa shape index (κ1) is 24.4. The molecule has 0 atom stereocenters. The summed E-state index contributed by atoms with van der Waals surface area (Å²) < 4.78 is 5.80. The molecule has 0 unspecified atom stereocenters. The lowest BCUT2D eigenvalue weighted by molar-refractivity contribution is -0.135. The highest BCUT2D eigenvalue weighted by atomic mass is 28.4. The molecule has 0 aromatic rings. The standard InChI is InChI=1S/C22H44O2Si/c1-7-8-9-10-11-12-13-14-15-16-17-18-19-20-21(23)24-25(5,6)22(2,3)4/h12-13H,7-11,14-20H2,1-6H3/b13-12-. The number of hydrogen-bond acceptors (Lipinski definition) is 2. The van der Waals surface area contributed by atoms with Crippen LogP contribution in [0.5, 0.6) is 0 Å². The molecule has 0 saturated carbocycles. The summed E-state index contributed by atoms with van der Waals surface area (Å²) in [4.78, 5) is 12.0. The Morgan fingerprint density at radius 2 is 1.32 bits per heavy atom. The molecule has 2 nitrogen and oxygen atoms in total. The molecule has 0 heterocycles. The van der Waals surface area contributed by atoms with Crippen LogP contribution in [0.15, 0.2) is 12.2 Å². The van der Waals surface area contributed by atoms with Crippen LogP contribution in [0.1, 0.15) is 105 Å². The molecule has 0 saturated heterocycles. The van der Waals surface area contributed by atoms with Crippen molar-refractivity contribution in [1.82, 2.24) is 0 Å². The molecule has 0 bridgehead atoms. The number of carbonyl (C=O) groups is 1. The number of carbonyl (C=O) groups excluding carboxylic acids is 1. The zero-order valence-electron chi connectivity index (χ0n) is 18.0. The van der Waals surface area contributed by atoms with Gasteiger partial charge in [0.15, 0.2) is 0 Å². The van der Waals surface area contributed by atoms with Crippen LogP contribution >= 0.6 is 0 Å². The van der Waals surface area contributed by atoms with Crippen LogP contribution in [-0.4, -0.2) is 14.3 Å². The van der Waals surface area contributed by atoms with E-state index in [9.17, 15) is 4.79 Å². The molecule has 3 heteroatoms. The first-order valence-electron chi connectivity index (χ1n) is 10.6. The van der Waals surface area contributed by atoms with Crippen LogP contribution < -0.4 is 0 Å². The van der Waals surface area contributed by atoms with Gasteiger partial charge in [-0.3, -0.25) is 4.79 Å². The van der Waals surface area contributed by atoms with Gasteiger partial charge in [-0.2, -0.15) is 0 Å². The fourth-order valence-electron chi connectivity index (χ4n) is 2.48. The minimum absolute atomic E-state index is 0.0117. The maximum absolute atomic E-state index is 12.0. The van der Waals surface area contributed by atoms with Gasteiger partial charge in [-0.15, -0.1) is 0 Å².